The van der Waals surface area contributed by atoms with E-state index < -0.39 is 0 Å². The molecular weight excluding hydrogens is 336 g/mol. The number of anilines is 1. The first kappa shape index (κ1) is 17.0. The van der Waals surface area contributed by atoms with E-state index in [-0.39, 0.29) is 11.7 Å². The first-order valence-electron chi connectivity index (χ1n) is 7.71. The van der Waals surface area contributed by atoms with Crippen molar-refractivity contribution < 1.29 is 9.53 Å². The van der Waals surface area contributed by atoms with Gasteiger partial charge in [0.2, 0.25) is 5.91 Å². The Bertz CT molecular complexity index is 865. The van der Waals surface area contributed by atoms with Crippen molar-refractivity contribution in [3.63, 3.8) is 0 Å². The molecule has 0 atom stereocenters. The quantitative estimate of drug-likeness (QED) is 0.688. The van der Waals surface area contributed by atoms with Gasteiger partial charge in [-0.15, -0.1) is 10.2 Å². The van der Waals surface area contributed by atoms with Gasteiger partial charge in [0.1, 0.15) is 11.6 Å². The Morgan fingerprint density at radius 2 is 1.96 bits per heavy atom. The van der Waals surface area contributed by atoms with E-state index in [1.807, 2.05) is 60.0 Å². The normalized spacial score (nSPS) is 10.5. The number of aryl methyl sites for hydroxylation is 1. The van der Waals surface area contributed by atoms with Gasteiger partial charge in [-0.25, -0.2) is 0 Å². The van der Waals surface area contributed by atoms with Crippen molar-refractivity contribution >= 4 is 23.4 Å². The molecule has 0 bridgehead atoms. The van der Waals surface area contributed by atoms with E-state index in [0.717, 1.165) is 11.5 Å². The van der Waals surface area contributed by atoms with Crippen LogP contribution in [0.3, 0.4) is 0 Å². The lowest BCUT2D eigenvalue weighted by molar-refractivity contribution is -0.113. The van der Waals surface area contributed by atoms with Gasteiger partial charge in [-0.05, 0) is 31.2 Å². The molecule has 3 aromatic rings. The molecule has 0 aliphatic carbocycles. The molecule has 0 saturated carbocycles. The van der Waals surface area contributed by atoms with E-state index in [4.69, 9.17) is 4.74 Å². The lowest BCUT2D eigenvalue weighted by Gasteiger charge is -2.09. The number of carbonyl (C=O) groups excluding carboxylic acids is 1. The standard InChI is InChI=1S/C18H18N4O2S/c1-13-20-21-18(22(13)15-8-4-3-5-9-15)25-12-17(23)19-14-7-6-10-16(11-14)24-2/h3-11H,12H2,1-2H3,(H,19,23). The highest BCUT2D eigenvalue weighted by Gasteiger charge is 2.13. The average molecular weight is 354 g/mol. The fourth-order valence-corrected chi connectivity index (χ4v) is 3.14. The van der Waals surface area contributed by atoms with E-state index in [9.17, 15) is 4.79 Å². The lowest BCUT2D eigenvalue weighted by atomic mass is 10.3. The highest BCUT2D eigenvalue weighted by atomic mass is 32.2. The molecule has 0 unspecified atom stereocenters. The third-order valence-electron chi connectivity index (χ3n) is 3.50. The minimum absolute atomic E-state index is 0.112. The summed E-state index contributed by atoms with van der Waals surface area (Å²) >= 11 is 1.35. The Balaban J connectivity index is 1.67. The number of para-hydroxylation sites is 1. The summed E-state index contributed by atoms with van der Waals surface area (Å²) in [5.41, 5.74) is 1.67. The minimum Gasteiger partial charge on any atom is -0.497 e. The zero-order valence-electron chi connectivity index (χ0n) is 14.0. The molecule has 0 spiro atoms. The second kappa shape index (κ2) is 7.85. The van der Waals surface area contributed by atoms with Gasteiger partial charge in [-0.1, -0.05) is 36.0 Å². The number of hydrogen-bond donors (Lipinski definition) is 1. The van der Waals surface area contributed by atoms with Crippen molar-refractivity contribution in [2.75, 3.05) is 18.2 Å². The van der Waals surface area contributed by atoms with Crippen LogP contribution in [0, 0.1) is 6.92 Å². The molecule has 6 nitrogen and oxygen atoms in total. The number of rotatable bonds is 6. The number of amides is 1. The summed E-state index contributed by atoms with van der Waals surface area (Å²) in [5, 5.41) is 11.8. The second-order valence-electron chi connectivity index (χ2n) is 5.27. The van der Waals surface area contributed by atoms with E-state index in [2.05, 4.69) is 15.5 Å². The number of benzene rings is 2. The van der Waals surface area contributed by atoms with E-state index >= 15 is 0 Å². The third-order valence-corrected chi connectivity index (χ3v) is 4.42. The predicted octanol–water partition coefficient (Wildman–Crippen LogP) is 3.32. The van der Waals surface area contributed by atoms with Crippen LogP contribution in [-0.4, -0.2) is 33.5 Å². The first-order chi connectivity index (χ1) is 12.2. The second-order valence-corrected chi connectivity index (χ2v) is 6.21. The van der Waals surface area contributed by atoms with Crippen molar-refractivity contribution in [2.45, 2.75) is 12.1 Å². The summed E-state index contributed by atoms with van der Waals surface area (Å²) in [5.74, 6) is 1.60. The fraction of sp³-hybridized carbons (Fsp3) is 0.167. The fourth-order valence-electron chi connectivity index (χ4n) is 2.34. The molecule has 1 aromatic heterocycles. The third kappa shape index (κ3) is 4.19. The van der Waals surface area contributed by atoms with Crippen molar-refractivity contribution in [1.29, 1.82) is 0 Å². The number of hydrogen-bond acceptors (Lipinski definition) is 5. The van der Waals surface area contributed by atoms with Crippen LogP contribution in [0.4, 0.5) is 5.69 Å². The summed E-state index contributed by atoms with van der Waals surface area (Å²) < 4.78 is 7.09. The molecule has 128 valence electrons. The molecule has 0 aliphatic heterocycles. The summed E-state index contributed by atoms with van der Waals surface area (Å²) in [6.45, 7) is 1.89. The Morgan fingerprint density at radius 3 is 2.72 bits per heavy atom. The minimum atomic E-state index is -0.112. The SMILES string of the molecule is COc1cccc(NC(=O)CSc2nnc(C)n2-c2ccccc2)c1. The van der Waals surface area contributed by atoms with Gasteiger partial charge in [0.05, 0.1) is 12.9 Å². The van der Waals surface area contributed by atoms with Crippen LogP contribution in [0.2, 0.25) is 0 Å². The molecule has 1 N–H and O–H groups in total. The van der Waals surface area contributed by atoms with Crippen molar-refractivity contribution in [3.05, 3.63) is 60.4 Å². The maximum atomic E-state index is 12.2. The number of aromatic nitrogens is 3. The van der Waals surface area contributed by atoms with E-state index in [0.29, 0.717) is 16.6 Å². The molecule has 25 heavy (non-hydrogen) atoms. The zero-order valence-corrected chi connectivity index (χ0v) is 14.8. The van der Waals surface area contributed by atoms with Crippen molar-refractivity contribution in [3.8, 4) is 11.4 Å². The number of methoxy groups -OCH3 is 1. The van der Waals surface area contributed by atoms with Gasteiger partial charge in [0.25, 0.3) is 0 Å². The van der Waals surface area contributed by atoms with Crippen molar-refractivity contribution in [2.24, 2.45) is 0 Å². The maximum Gasteiger partial charge on any atom is 0.234 e. The lowest BCUT2D eigenvalue weighted by Crippen LogP contribution is -2.14. The molecule has 0 fully saturated rings. The van der Waals surface area contributed by atoms with Gasteiger partial charge in [-0.3, -0.25) is 9.36 Å². The number of carbonyl (C=O) groups is 1. The summed E-state index contributed by atoms with van der Waals surface area (Å²) in [6, 6.07) is 17.1. The molecule has 0 radical (unpaired) electrons. The van der Waals surface area contributed by atoms with Gasteiger partial charge in [0.15, 0.2) is 5.16 Å². The van der Waals surface area contributed by atoms with Gasteiger partial charge in [0, 0.05) is 17.4 Å². The number of nitrogens with one attached hydrogen (secondary N) is 1. The van der Waals surface area contributed by atoms with Crippen LogP contribution < -0.4 is 10.1 Å². The van der Waals surface area contributed by atoms with Gasteiger partial charge >= 0.3 is 0 Å². The smallest absolute Gasteiger partial charge is 0.234 e. The first-order valence-corrected chi connectivity index (χ1v) is 8.70. The zero-order chi connectivity index (χ0) is 17.6. The molecule has 7 heteroatoms. The Morgan fingerprint density at radius 1 is 1.16 bits per heavy atom. The van der Waals surface area contributed by atoms with Gasteiger partial charge in [-0.2, -0.15) is 0 Å². The predicted molar refractivity (Wildman–Crippen MR) is 98.4 cm³/mol. The number of thioether (sulfide) groups is 1. The Kier molecular flexibility index (Phi) is 5.35. The Hall–Kier alpha value is -2.80. The summed E-state index contributed by atoms with van der Waals surface area (Å²) in [4.78, 5) is 12.2. The molecule has 1 heterocycles. The summed E-state index contributed by atoms with van der Waals surface area (Å²) in [6.07, 6.45) is 0. The van der Waals surface area contributed by atoms with Crippen LogP contribution in [0.15, 0.2) is 59.8 Å². The number of nitrogens with zero attached hydrogens (tertiary/aromatic N) is 3. The van der Waals surface area contributed by atoms with E-state index in [1.54, 1.807) is 13.2 Å². The topological polar surface area (TPSA) is 69.0 Å². The molecule has 1 amide bonds. The summed E-state index contributed by atoms with van der Waals surface area (Å²) in [7, 11) is 1.59. The molecule has 0 saturated heterocycles. The Labute approximate surface area is 150 Å². The molecule has 2 aromatic carbocycles. The monoisotopic (exact) mass is 354 g/mol. The van der Waals surface area contributed by atoms with Crippen LogP contribution in [0.1, 0.15) is 5.82 Å². The van der Waals surface area contributed by atoms with Gasteiger partial charge < -0.3 is 10.1 Å². The highest BCUT2D eigenvalue weighted by molar-refractivity contribution is 7.99. The molecule has 3 rings (SSSR count). The largest absolute Gasteiger partial charge is 0.497 e. The number of ether oxygens (including phenoxy) is 1. The molecule has 0 aliphatic rings. The van der Waals surface area contributed by atoms with Crippen LogP contribution in [0.25, 0.3) is 5.69 Å². The van der Waals surface area contributed by atoms with Crippen LogP contribution in [-0.2, 0) is 4.79 Å². The van der Waals surface area contributed by atoms with Crippen LogP contribution >= 0.6 is 11.8 Å². The highest BCUT2D eigenvalue weighted by Crippen LogP contribution is 2.22. The average Bonchev–Trinajstić information content (AvgIpc) is 3.01. The molecular formula is C18H18N4O2S. The maximum absolute atomic E-state index is 12.2. The van der Waals surface area contributed by atoms with E-state index in [1.165, 1.54) is 11.8 Å². The van der Waals surface area contributed by atoms with Crippen molar-refractivity contribution in [1.82, 2.24) is 14.8 Å². The van der Waals surface area contributed by atoms with Crippen LogP contribution in [0.5, 0.6) is 5.75 Å².